The summed E-state index contributed by atoms with van der Waals surface area (Å²) < 4.78 is 279. The number of aliphatic hydroxyl groups excluding tert-OH is 1. The molecule has 23 atom stereocenters. The molecule has 4 heterocycles. The summed E-state index contributed by atoms with van der Waals surface area (Å²) in [5, 5.41) is 24.7. The van der Waals surface area contributed by atoms with Crippen molar-refractivity contribution in [1.82, 2.24) is 31.9 Å². The van der Waals surface area contributed by atoms with Crippen LogP contribution in [0, 0.1) is 112 Å². The minimum atomic E-state index is -2.72. The number of hydrogen-bond donors (Lipinski definition) is 7. The zero-order valence-corrected chi connectivity index (χ0v) is 89.0. The molecule has 31 heteroatoms. The normalized spacial score (nSPS) is 26.0. The molecule has 4 aliphatic rings. The van der Waals surface area contributed by atoms with Crippen LogP contribution in [0.5, 0.6) is 0 Å². The van der Waals surface area contributed by atoms with Crippen LogP contribution in [0.3, 0.4) is 0 Å². The van der Waals surface area contributed by atoms with Gasteiger partial charge < -0.3 is 74.9 Å². The van der Waals surface area contributed by atoms with Crippen molar-refractivity contribution in [1.29, 1.82) is 0 Å². The zero-order chi connectivity index (χ0) is 136. The van der Waals surface area contributed by atoms with E-state index < -0.39 is 265 Å². The number of aliphatic hydroxyl groups is 1. The van der Waals surface area contributed by atoms with Crippen LogP contribution >= 0.6 is 0 Å². The Morgan fingerprint density at radius 2 is 0.521 bits per heavy atom. The number of carbonyl (C=O) groups is 16. The SMILES string of the molecule is CC(=O)[C@H]1O[C@@H]1C(=O)C[C@@H](CC(C)C)C(=O)NCC[C@@H](C)CO.[2H]C([2H])([2H])C([2H])(C)CC.[2H]C([2H])([2H])C([2H])(C)CCNC(=O)[C@@H](CC(=O)OC(C)(C)C)CC(C)C.[2H]C([2H])([2H])C([2H])(C)CCNC(=O)[C@@H](CC(=O)OC(C)(C)C)CC([2H])(C)C([2H])([2H])[2H].[2H]C([2H])([2H])C([2H])(C)CCNC(=O)[C@@H](CC(=O)[C@H]1O[C@@H]1C(=O)OCC)CC(C)C.[2H]C([2H])([2H])C([2H])(C)CCNC(=O)[C@@H](CC(=O)[C@H]1O[C@@H]1C(=O)OCC)CC([2H])(C)C([2H])([2H])[2H].[2H]C([2H])([2H])C([2H])(C)CCNC(=O)[C@@H](CC(=O)[C@H]1O[C@@H]1C(C)=O)CC(C)C. The largest absolute Gasteiger partial charge is 0.464 e. The third-order valence-corrected chi connectivity index (χ3v) is 20.7. The van der Waals surface area contributed by atoms with Crippen molar-refractivity contribution in [3.05, 3.63) is 0 Å². The maximum atomic E-state index is 12.7. The first kappa shape index (κ1) is 87.9. The van der Waals surface area contributed by atoms with Gasteiger partial charge in [-0.25, -0.2) is 9.59 Å². The number of ether oxygens (including phenoxy) is 8. The molecule has 0 bridgehead atoms. The molecule has 4 rings (SSSR count). The van der Waals surface area contributed by atoms with Crippen molar-refractivity contribution < 1.29 is 164 Å². The maximum Gasteiger partial charge on any atom is 0.338 e. The second-order valence-corrected chi connectivity index (χ2v) is 40.2. The molecule has 4 fully saturated rings. The molecule has 140 heavy (non-hydrogen) atoms. The van der Waals surface area contributed by atoms with E-state index in [-0.39, 0.29) is 187 Å². The van der Waals surface area contributed by atoms with E-state index in [0.717, 1.165) is 6.92 Å². The standard InChI is InChI=1S/2C18H31NO5.C17H29NO5.C17H29NO4.2C17H33NO3.C5H12/c2*1-6-23-18(22)16-15(24-16)14(20)10-13(9-12(4)5)17(21)19-8-7-11(2)3;1-10(2)7-13(17(22)18-6-5-11(3)9-19)8-14(21)16-15(23-16)12(4)20;1-10(2)6-7-18-17(21)13(8-11(3)4)9-14(20)16-15(22-16)12(5)19;2*1-12(2)8-9-18-16(20)14(10-13(3)4)11-15(19)21-17(5,6)7;1-4-5(2)3/h2*11-13,15-16H,6-10H2,1-5H3,(H,19,21);10-11,13,15-16,19H,5-9H2,1-4H3,(H,18,22);10-11,13,15-16H,6-9H2,1-5H3,(H,18,21);2*12-14H,8-11H2,1-7H3,(H,18,20);5H,4H2,1-3H3/t2*13-,15-,16+;11-,13-,15-,16-;13-,15-,16-;2*14-;/m111111./s1/i2D3,4D3,11D,12D;2D3,11D;;1D3,10D;1D3,3D3,12D,13D;1D3,12D;2D3,5D/t11?,12?,13-,15-,16+;11?,13-,15-,16+;;10?,13-,15-,16-;12?,13?,14-;12?,14-;. The highest BCUT2D eigenvalue weighted by atomic mass is 16.7. The Hall–Kier alpha value is -7.48. The van der Waals surface area contributed by atoms with Crippen molar-refractivity contribution in [3.8, 4) is 0 Å². The van der Waals surface area contributed by atoms with E-state index in [1.54, 1.807) is 62.3 Å². The lowest BCUT2D eigenvalue weighted by molar-refractivity contribution is -0.158. The monoisotopic (exact) mass is 2020 g/mol. The van der Waals surface area contributed by atoms with Gasteiger partial charge in [-0.15, -0.1) is 0 Å². The maximum absolute atomic E-state index is 12.7. The summed E-state index contributed by atoms with van der Waals surface area (Å²) in [5.41, 5.74) is -1.40. The van der Waals surface area contributed by atoms with Gasteiger partial charge in [0.25, 0.3) is 0 Å². The van der Waals surface area contributed by atoms with Crippen molar-refractivity contribution in [2.45, 2.75) is 431 Å². The van der Waals surface area contributed by atoms with Gasteiger partial charge in [0.2, 0.25) is 35.4 Å². The second kappa shape index (κ2) is 72.7. The van der Waals surface area contributed by atoms with E-state index >= 15 is 0 Å². The van der Waals surface area contributed by atoms with Gasteiger partial charge in [-0.1, -0.05) is 186 Å². The second-order valence-electron chi connectivity index (χ2n) is 40.2. The minimum Gasteiger partial charge on any atom is -0.464 e. The highest BCUT2D eigenvalue weighted by molar-refractivity contribution is 6.00. The molecule has 4 aliphatic heterocycles. The van der Waals surface area contributed by atoms with E-state index in [0.29, 0.717) is 51.0 Å². The van der Waals surface area contributed by atoms with Gasteiger partial charge in [-0.3, -0.25) is 67.1 Å². The quantitative estimate of drug-likeness (QED) is 0.0169. The summed E-state index contributed by atoms with van der Waals surface area (Å²) >= 11 is 0. The first-order chi connectivity index (χ1) is 77.1. The van der Waals surface area contributed by atoms with Gasteiger partial charge in [-0.05, 0) is 223 Å². The fraction of sp³-hybridized carbons (Fsp3) is 0.853. The van der Waals surface area contributed by atoms with Gasteiger partial charge in [0.15, 0.2) is 59.1 Å². The number of epoxide rings is 4. The van der Waals surface area contributed by atoms with Crippen LogP contribution in [0.15, 0.2) is 0 Å². The molecule has 0 saturated carbocycles. The summed E-state index contributed by atoms with van der Waals surface area (Å²) in [6.45, 7) is 26.5. The van der Waals surface area contributed by atoms with Gasteiger partial charge in [0, 0.05) is 151 Å². The van der Waals surface area contributed by atoms with Crippen LogP contribution in [0.25, 0.3) is 0 Å². The number of rotatable bonds is 60. The van der Waals surface area contributed by atoms with Crippen molar-refractivity contribution in [3.63, 3.8) is 0 Å². The van der Waals surface area contributed by atoms with Crippen molar-refractivity contribution in [2.75, 3.05) is 59.1 Å². The number of ketones is 6. The van der Waals surface area contributed by atoms with Crippen LogP contribution < -0.4 is 31.9 Å². The Bertz CT molecular complexity index is 5040. The van der Waals surface area contributed by atoms with E-state index in [2.05, 4.69) is 31.9 Å². The first-order valence-electron chi connectivity index (χ1n) is 64.9. The van der Waals surface area contributed by atoms with Crippen molar-refractivity contribution in [2.24, 2.45) is 112 Å². The molecular formula is C109H198N6O25. The van der Waals surface area contributed by atoms with Crippen LogP contribution in [-0.2, 0) is 115 Å². The predicted octanol–water partition coefficient (Wildman–Crippen LogP) is 16.6. The molecule has 0 aromatic heterocycles. The Labute approximate surface area is 889 Å². The molecular weight excluding hydrogens is 1790 g/mol. The highest BCUT2D eigenvalue weighted by Crippen LogP contribution is 2.34. The lowest BCUT2D eigenvalue weighted by Gasteiger charge is -2.23. The van der Waals surface area contributed by atoms with E-state index in [4.69, 9.17) is 86.9 Å². The number of carbonyl (C=O) groups excluding carboxylic acids is 16. The Morgan fingerprint density at radius 1 is 0.307 bits per heavy atom. The topological polar surface area (TPSA) is 453 Å². The summed E-state index contributed by atoms with van der Waals surface area (Å²) in [7, 11) is 0. The van der Waals surface area contributed by atoms with Gasteiger partial charge in [0.1, 0.15) is 35.6 Å². The summed E-state index contributed by atoms with van der Waals surface area (Å²) in [6.07, 6.45) is -5.64. The zero-order valence-electron chi connectivity index (χ0n) is 121. The number of Topliss-reactive ketones (excluding diaryl/α,β-unsaturated/α-hetero) is 6. The van der Waals surface area contributed by atoms with Crippen LogP contribution in [0.2, 0.25) is 0 Å². The van der Waals surface area contributed by atoms with Crippen molar-refractivity contribution >= 4 is 94.0 Å². The third kappa shape index (κ3) is 70.3. The molecule has 0 spiro atoms. The minimum absolute atomic E-state index is 0.01000. The Morgan fingerprint density at radius 3 is 0.714 bits per heavy atom. The van der Waals surface area contributed by atoms with E-state index in [9.17, 15) is 76.7 Å². The number of esters is 4. The average Bonchev–Trinajstić information content (AvgIpc) is 1.65. The van der Waals surface area contributed by atoms with E-state index in [1.165, 1.54) is 62.3 Å². The van der Waals surface area contributed by atoms with Gasteiger partial charge in [0.05, 0.1) is 26.1 Å². The number of nitrogens with one attached hydrogen (secondary N) is 6. The molecule has 31 nitrogen and oxygen atoms in total. The molecule has 814 valence electrons. The predicted molar refractivity (Wildman–Crippen MR) is 548 cm³/mol. The summed E-state index contributed by atoms with van der Waals surface area (Å²) in [4.78, 5) is 194. The van der Waals surface area contributed by atoms with Gasteiger partial charge in [-0.2, -0.15) is 0 Å². The molecule has 0 aliphatic carbocycles. The Balaban J connectivity index is -0.00000197. The van der Waals surface area contributed by atoms with Gasteiger partial charge >= 0.3 is 23.9 Å². The number of hydrogen-bond acceptors (Lipinski definition) is 25. The van der Waals surface area contributed by atoms with Crippen LogP contribution in [0.1, 0.15) is 415 Å². The highest BCUT2D eigenvalue weighted by Gasteiger charge is 2.54. The molecule has 7 N–H and O–H groups in total. The first-order valence-corrected chi connectivity index (χ1v) is 48.9. The fourth-order valence-electron chi connectivity index (χ4n) is 13.4. The number of amides is 6. The molecule has 0 aromatic rings. The lowest BCUT2D eigenvalue weighted by Crippen LogP contribution is -2.35. The van der Waals surface area contributed by atoms with Crippen LogP contribution in [-0.4, -0.2) is 218 Å². The molecule has 0 aromatic carbocycles. The molecule has 6 amide bonds. The lowest BCUT2D eigenvalue weighted by atomic mass is 9.90. The average molecular weight is 2020 g/mol. The summed E-state index contributed by atoms with van der Waals surface area (Å²) in [5.74, 6) is -24.0. The van der Waals surface area contributed by atoms with Crippen LogP contribution in [0.4, 0.5) is 0 Å². The van der Waals surface area contributed by atoms with E-state index in [1.807, 2.05) is 62.3 Å². The smallest absolute Gasteiger partial charge is 0.338 e. The fourth-order valence-corrected chi connectivity index (χ4v) is 13.4. The molecule has 0 radical (unpaired) electrons. The summed E-state index contributed by atoms with van der Waals surface area (Å²) in [6, 6.07) is 0. The third-order valence-electron chi connectivity index (χ3n) is 20.7. The Kier molecular flexibility index (Phi) is 45.6. The molecule has 8 unspecified atom stereocenters. The molecule has 4 saturated heterocycles.